The summed E-state index contributed by atoms with van der Waals surface area (Å²) in [5.41, 5.74) is 1.34. The standard InChI is InChI=1S/C12H21N3/c1-11-13-9-12(14(11)2)10-15-7-5-3-4-6-8-15/h9H,3-8,10H2,1-2H3. The summed E-state index contributed by atoms with van der Waals surface area (Å²) in [5, 5.41) is 0. The highest BCUT2D eigenvalue weighted by Crippen LogP contribution is 2.13. The van der Waals surface area contributed by atoms with Crippen molar-refractivity contribution >= 4 is 0 Å². The second-order valence-corrected chi connectivity index (χ2v) is 4.55. The summed E-state index contributed by atoms with van der Waals surface area (Å²) >= 11 is 0. The molecule has 15 heavy (non-hydrogen) atoms. The fraction of sp³-hybridized carbons (Fsp3) is 0.750. The largest absolute Gasteiger partial charge is 0.334 e. The predicted molar refractivity (Wildman–Crippen MR) is 61.7 cm³/mol. The van der Waals surface area contributed by atoms with Crippen molar-refractivity contribution in [1.82, 2.24) is 14.5 Å². The Bertz CT molecular complexity index is 309. The lowest BCUT2D eigenvalue weighted by atomic mass is 10.2. The number of likely N-dealkylation sites (tertiary alicyclic amines) is 1. The lowest BCUT2D eigenvalue weighted by Crippen LogP contribution is -2.25. The van der Waals surface area contributed by atoms with Crippen molar-refractivity contribution in [3.05, 3.63) is 17.7 Å². The maximum absolute atomic E-state index is 4.34. The van der Waals surface area contributed by atoms with Crippen LogP contribution in [-0.2, 0) is 13.6 Å². The van der Waals surface area contributed by atoms with E-state index in [1.807, 2.05) is 6.20 Å². The number of hydrogen-bond donors (Lipinski definition) is 0. The Hall–Kier alpha value is -0.830. The van der Waals surface area contributed by atoms with Crippen LogP contribution in [0.1, 0.15) is 37.2 Å². The third-order valence-corrected chi connectivity index (χ3v) is 3.40. The first-order valence-corrected chi connectivity index (χ1v) is 5.97. The molecule has 0 N–H and O–H groups in total. The second kappa shape index (κ2) is 4.79. The van der Waals surface area contributed by atoms with Crippen LogP contribution >= 0.6 is 0 Å². The van der Waals surface area contributed by atoms with Crippen molar-refractivity contribution in [2.75, 3.05) is 13.1 Å². The summed E-state index contributed by atoms with van der Waals surface area (Å²) in [7, 11) is 2.11. The van der Waals surface area contributed by atoms with Gasteiger partial charge in [0.15, 0.2) is 0 Å². The highest BCUT2D eigenvalue weighted by atomic mass is 15.2. The predicted octanol–water partition coefficient (Wildman–Crippen LogP) is 2.10. The van der Waals surface area contributed by atoms with E-state index in [1.54, 1.807) is 0 Å². The summed E-state index contributed by atoms with van der Waals surface area (Å²) in [6.45, 7) is 5.64. The first-order chi connectivity index (χ1) is 7.27. The van der Waals surface area contributed by atoms with Crippen molar-refractivity contribution in [3.8, 4) is 0 Å². The summed E-state index contributed by atoms with van der Waals surface area (Å²) in [6, 6.07) is 0. The highest BCUT2D eigenvalue weighted by molar-refractivity contribution is 5.03. The second-order valence-electron chi connectivity index (χ2n) is 4.55. The molecule has 84 valence electrons. The molecule has 0 radical (unpaired) electrons. The van der Waals surface area contributed by atoms with E-state index in [1.165, 1.54) is 44.5 Å². The van der Waals surface area contributed by atoms with Gasteiger partial charge in [0, 0.05) is 19.8 Å². The molecule has 2 rings (SSSR count). The van der Waals surface area contributed by atoms with Gasteiger partial charge in [-0.15, -0.1) is 0 Å². The molecule has 0 amide bonds. The molecule has 0 aliphatic carbocycles. The Labute approximate surface area is 92.1 Å². The Morgan fingerprint density at radius 3 is 2.40 bits per heavy atom. The van der Waals surface area contributed by atoms with Crippen LogP contribution in [0.3, 0.4) is 0 Å². The summed E-state index contributed by atoms with van der Waals surface area (Å²) in [6.07, 6.45) is 7.54. The summed E-state index contributed by atoms with van der Waals surface area (Å²) in [5.74, 6) is 1.11. The Kier molecular flexibility index (Phi) is 3.41. The number of nitrogens with zero attached hydrogens (tertiary/aromatic N) is 3. The number of aromatic nitrogens is 2. The average Bonchev–Trinajstić information content (AvgIpc) is 2.50. The third kappa shape index (κ3) is 2.59. The van der Waals surface area contributed by atoms with Gasteiger partial charge < -0.3 is 4.57 Å². The molecule has 1 aliphatic rings. The number of hydrogen-bond acceptors (Lipinski definition) is 2. The average molecular weight is 207 g/mol. The minimum absolute atomic E-state index is 1.07. The van der Waals surface area contributed by atoms with Gasteiger partial charge in [0.05, 0.1) is 5.69 Å². The molecule has 2 heterocycles. The maximum Gasteiger partial charge on any atom is 0.105 e. The number of rotatable bonds is 2. The molecule has 1 fully saturated rings. The van der Waals surface area contributed by atoms with Crippen molar-refractivity contribution in [1.29, 1.82) is 0 Å². The first-order valence-electron chi connectivity index (χ1n) is 5.97. The first kappa shape index (κ1) is 10.7. The molecule has 1 aliphatic heterocycles. The molecule has 1 saturated heterocycles. The van der Waals surface area contributed by atoms with Gasteiger partial charge in [-0.1, -0.05) is 12.8 Å². The minimum Gasteiger partial charge on any atom is -0.334 e. The van der Waals surface area contributed by atoms with Crippen molar-refractivity contribution in [3.63, 3.8) is 0 Å². The van der Waals surface area contributed by atoms with Gasteiger partial charge in [-0.25, -0.2) is 4.98 Å². The van der Waals surface area contributed by atoms with E-state index >= 15 is 0 Å². The molecule has 0 spiro atoms. The van der Waals surface area contributed by atoms with Crippen molar-refractivity contribution in [2.24, 2.45) is 7.05 Å². The molecule has 3 nitrogen and oxygen atoms in total. The minimum atomic E-state index is 1.07. The van der Waals surface area contributed by atoms with Gasteiger partial charge in [0.25, 0.3) is 0 Å². The molecule has 3 heteroatoms. The summed E-state index contributed by atoms with van der Waals surface area (Å²) in [4.78, 5) is 6.90. The fourth-order valence-electron chi connectivity index (χ4n) is 2.22. The third-order valence-electron chi connectivity index (χ3n) is 3.40. The SMILES string of the molecule is Cc1ncc(CN2CCCCCC2)n1C. The molecule has 0 saturated carbocycles. The topological polar surface area (TPSA) is 21.1 Å². The lowest BCUT2D eigenvalue weighted by molar-refractivity contribution is 0.271. The van der Waals surface area contributed by atoms with E-state index in [4.69, 9.17) is 0 Å². The van der Waals surface area contributed by atoms with Crippen molar-refractivity contribution in [2.45, 2.75) is 39.2 Å². The maximum atomic E-state index is 4.34. The zero-order chi connectivity index (χ0) is 10.7. The van der Waals surface area contributed by atoms with E-state index < -0.39 is 0 Å². The number of aryl methyl sites for hydroxylation is 1. The summed E-state index contributed by atoms with van der Waals surface area (Å²) < 4.78 is 2.20. The molecule has 1 aromatic rings. The van der Waals surface area contributed by atoms with E-state index in [2.05, 4.69) is 28.4 Å². The van der Waals surface area contributed by atoms with Crippen LogP contribution in [0, 0.1) is 6.92 Å². The van der Waals surface area contributed by atoms with Gasteiger partial charge in [-0.2, -0.15) is 0 Å². The van der Waals surface area contributed by atoms with E-state index in [0.29, 0.717) is 0 Å². The van der Waals surface area contributed by atoms with E-state index in [-0.39, 0.29) is 0 Å². The van der Waals surface area contributed by atoms with Crippen molar-refractivity contribution < 1.29 is 0 Å². The van der Waals surface area contributed by atoms with Crippen LogP contribution in [0.5, 0.6) is 0 Å². The van der Waals surface area contributed by atoms with Gasteiger partial charge in [-0.05, 0) is 32.9 Å². The molecule has 0 bridgehead atoms. The van der Waals surface area contributed by atoms with Gasteiger partial charge >= 0.3 is 0 Å². The molecular weight excluding hydrogens is 186 g/mol. The van der Waals surface area contributed by atoms with Gasteiger partial charge in [-0.3, -0.25) is 4.90 Å². The van der Waals surface area contributed by atoms with Crippen LogP contribution < -0.4 is 0 Å². The van der Waals surface area contributed by atoms with Crippen LogP contribution in [0.4, 0.5) is 0 Å². The van der Waals surface area contributed by atoms with Gasteiger partial charge in [0.2, 0.25) is 0 Å². The highest BCUT2D eigenvalue weighted by Gasteiger charge is 2.11. The molecule has 0 unspecified atom stereocenters. The molecule has 0 atom stereocenters. The smallest absolute Gasteiger partial charge is 0.105 e. The van der Waals surface area contributed by atoms with E-state index in [9.17, 15) is 0 Å². The Morgan fingerprint density at radius 1 is 1.20 bits per heavy atom. The lowest BCUT2D eigenvalue weighted by Gasteiger charge is -2.19. The Morgan fingerprint density at radius 2 is 1.87 bits per heavy atom. The number of imidazole rings is 1. The zero-order valence-electron chi connectivity index (χ0n) is 9.87. The monoisotopic (exact) mass is 207 g/mol. The Balaban J connectivity index is 1.98. The molecular formula is C12H21N3. The van der Waals surface area contributed by atoms with Gasteiger partial charge in [0.1, 0.15) is 5.82 Å². The quantitative estimate of drug-likeness (QED) is 0.740. The fourth-order valence-corrected chi connectivity index (χ4v) is 2.22. The van der Waals surface area contributed by atoms with Crippen LogP contribution in [0.15, 0.2) is 6.20 Å². The zero-order valence-corrected chi connectivity index (χ0v) is 9.87. The van der Waals surface area contributed by atoms with Crippen LogP contribution in [-0.4, -0.2) is 27.5 Å². The van der Waals surface area contributed by atoms with Crippen LogP contribution in [0.25, 0.3) is 0 Å². The van der Waals surface area contributed by atoms with E-state index in [0.717, 1.165) is 12.4 Å². The molecule has 0 aromatic carbocycles. The normalized spacial score (nSPS) is 19.1. The molecule has 1 aromatic heterocycles. The van der Waals surface area contributed by atoms with Crippen LogP contribution in [0.2, 0.25) is 0 Å².